The van der Waals surface area contributed by atoms with Gasteiger partial charge < -0.3 is 9.47 Å². The maximum Gasteiger partial charge on any atom is 0.269 e. The predicted octanol–water partition coefficient (Wildman–Crippen LogP) is 5.78. The summed E-state index contributed by atoms with van der Waals surface area (Å²) in [7, 11) is 0. The first-order valence-electron chi connectivity index (χ1n) is 9.51. The summed E-state index contributed by atoms with van der Waals surface area (Å²) in [6, 6.07) is 19.4. The van der Waals surface area contributed by atoms with Crippen molar-refractivity contribution in [3.63, 3.8) is 0 Å². The molecule has 0 fully saturated rings. The maximum atomic E-state index is 14.1. The van der Waals surface area contributed by atoms with E-state index in [0.717, 1.165) is 5.56 Å². The summed E-state index contributed by atoms with van der Waals surface area (Å²) in [5.74, 6) is 0.495. The Morgan fingerprint density at radius 2 is 1.84 bits per heavy atom. The van der Waals surface area contributed by atoms with E-state index in [-0.39, 0.29) is 23.4 Å². The number of nitrogens with zero attached hydrogens (tertiary/aromatic N) is 2. The molecule has 0 radical (unpaired) electrons. The van der Waals surface area contributed by atoms with E-state index in [4.69, 9.17) is 9.47 Å². The zero-order valence-electron chi connectivity index (χ0n) is 16.7. The van der Waals surface area contributed by atoms with Gasteiger partial charge in [0, 0.05) is 17.7 Å². The van der Waals surface area contributed by atoms with E-state index in [1.807, 2.05) is 13.0 Å². The third-order valence-electron chi connectivity index (χ3n) is 4.40. The van der Waals surface area contributed by atoms with Crippen molar-refractivity contribution in [2.75, 3.05) is 6.61 Å². The number of hydrogen-bond acceptors (Lipinski definition) is 5. The van der Waals surface area contributed by atoms with Gasteiger partial charge in [-0.2, -0.15) is 5.26 Å². The molecule has 0 N–H and O–H groups in total. The normalized spacial score (nSPS) is 10.9. The minimum absolute atomic E-state index is 0.0121. The summed E-state index contributed by atoms with van der Waals surface area (Å²) >= 11 is 0. The second-order valence-corrected chi connectivity index (χ2v) is 6.50. The van der Waals surface area contributed by atoms with Gasteiger partial charge in [0.25, 0.3) is 5.69 Å². The standard InChI is InChI=1S/C24H19FN2O4/c1-2-30-24-14-18(13-19(15-26)21-5-3-4-6-22(21)25)9-12-23(24)31-16-17-7-10-20(11-8-17)27(28)29/h3-14H,2,16H2,1H3/b19-13-. The first-order valence-corrected chi connectivity index (χ1v) is 9.51. The molecule has 6 nitrogen and oxygen atoms in total. The van der Waals surface area contributed by atoms with Crippen LogP contribution < -0.4 is 9.47 Å². The second-order valence-electron chi connectivity index (χ2n) is 6.50. The van der Waals surface area contributed by atoms with Gasteiger partial charge in [-0.05, 0) is 54.5 Å². The number of rotatable bonds is 8. The summed E-state index contributed by atoms with van der Waals surface area (Å²) in [5.41, 5.74) is 1.86. The van der Waals surface area contributed by atoms with Crippen molar-refractivity contribution in [2.24, 2.45) is 0 Å². The lowest BCUT2D eigenvalue weighted by atomic mass is 10.0. The molecular formula is C24H19FN2O4. The molecule has 0 aliphatic heterocycles. The van der Waals surface area contributed by atoms with Gasteiger partial charge in [0.1, 0.15) is 12.4 Å². The lowest BCUT2D eigenvalue weighted by molar-refractivity contribution is -0.384. The molecule has 0 aromatic heterocycles. The summed E-state index contributed by atoms with van der Waals surface area (Å²) in [6.07, 6.45) is 1.58. The van der Waals surface area contributed by atoms with E-state index in [9.17, 15) is 19.8 Å². The number of allylic oxidation sites excluding steroid dienone is 1. The molecule has 0 amide bonds. The van der Waals surface area contributed by atoms with E-state index >= 15 is 0 Å². The Hall–Kier alpha value is -4.18. The maximum absolute atomic E-state index is 14.1. The topological polar surface area (TPSA) is 85.4 Å². The molecule has 3 aromatic rings. The number of benzene rings is 3. The van der Waals surface area contributed by atoms with Crippen molar-refractivity contribution in [1.82, 2.24) is 0 Å². The van der Waals surface area contributed by atoms with E-state index in [0.29, 0.717) is 23.7 Å². The third-order valence-corrected chi connectivity index (χ3v) is 4.40. The molecule has 31 heavy (non-hydrogen) atoms. The molecule has 7 heteroatoms. The molecular weight excluding hydrogens is 399 g/mol. The number of ether oxygens (including phenoxy) is 2. The Morgan fingerprint density at radius 1 is 1.10 bits per heavy atom. The molecule has 0 saturated heterocycles. The highest BCUT2D eigenvalue weighted by Crippen LogP contribution is 2.31. The van der Waals surface area contributed by atoms with Crippen LogP contribution in [0, 0.1) is 27.3 Å². The minimum Gasteiger partial charge on any atom is -0.490 e. The summed E-state index contributed by atoms with van der Waals surface area (Å²) in [6.45, 7) is 2.44. The highest BCUT2D eigenvalue weighted by atomic mass is 19.1. The zero-order chi connectivity index (χ0) is 22.2. The van der Waals surface area contributed by atoms with Crippen LogP contribution in [0.5, 0.6) is 11.5 Å². The monoisotopic (exact) mass is 418 g/mol. The Morgan fingerprint density at radius 3 is 2.48 bits per heavy atom. The van der Waals surface area contributed by atoms with E-state index < -0.39 is 10.7 Å². The van der Waals surface area contributed by atoms with E-state index in [1.54, 1.807) is 54.6 Å². The van der Waals surface area contributed by atoms with Crippen molar-refractivity contribution < 1.29 is 18.8 Å². The number of nitriles is 1. The van der Waals surface area contributed by atoms with Crippen molar-refractivity contribution >= 4 is 17.3 Å². The third kappa shape index (κ3) is 5.46. The fraction of sp³-hybridized carbons (Fsp3) is 0.125. The number of non-ortho nitro benzene ring substituents is 1. The van der Waals surface area contributed by atoms with Crippen LogP contribution in [0.25, 0.3) is 11.6 Å². The summed E-state index contributed by atoms with van der Waals surface area (Å²) in [5, 5.41) is 20.2. The lowest BCUT2D eigenvalue weighted by Crippen LogP contribution is -2.00. The van der Waals surface area contributed by atoms with Crippen LogP contribution >= 0.6 is 0 Å². The minimum atomic E-state index is -0.469. The van der Waals surface area contributed by atoms with Crippen LogP contribution in [0.3, 0.4) is 0 Å². The molecule has 0 aliphatic rings. The molecule has 3 rings (SSSR count). The molecule has 3 aromatic carbocycles. The summed E-state index contributed by atoms with van der Waals surface area (Å²) in [4.78, 5) is 10.3. The quantitative estimate of drug-likeness (QED) is 0.200. The Kier molecular flexibility index (Phi) is 6.97. The predicted molar refractivity (Wildman–Crippen MR) is 115 cm³/mol. The zero-order valence-corrected chi connectivity index (χ0v) is 16.7. The average Bonchev–Trinajstić information content (AvgIpc) is 2.78. The molecule has 0 bridgehead atoms. The number of hydrogen-bond donors (Lipinski definition) is 0. The van der Waals surface area contributed by atoms with Crippen LogP contribution in [-0.2, 0) is 6.61 Å². The van der Waals surface area contributed by atoms with Crippen LogP contribution in [0.4, 0.5) is 10.1 Å². The van der Waals surface area contributed by atoms with Crippen LogP contribution in [0.2, 0.25) is 0 Å². The smallest absolute Gasteiger partial charge is 0.269 e. The average molecular weight is 418 g/mol. The number of halogens is 1. The molecule has 0 saturated carbocycles. The molecule has 0 spiro atoms. The molecule has 0 atom stereocenters. The van der Waals surface area contributed by atoms with Gasteiger partial charge in [-0.1, -0.05) is 24.3 Å². The molecule has 0 unspecified atom stereocenters. The Bertz CT molecular complexity index is 1150. The van der Waals surface area contributed by atoms with E-state index in [1.165, 1.54) is 18.2 Å². The van der Waals surface area contributed by atoms with Gasteiger partial charge in [0.15, 0.2) is 11.5 Å². The fourth-order valence-corrected chi connectivity index (χ4v) is 2.89. The van der Waals surface area contributed by atoms with Gasteiger partial charge >= 0.3 is 0 Å². The largest absolute Gasteiger partial charge is 0.490 e. The Balaban J connectivity index is 1.83. The number of nitro groups is 1. The Labute approximate surface area is 178 Å². The van der Waals surface area contributed by atoms with Gasteiger partial charge in [-0.3, -0.25) is 10.1 Å². The van der Waals surface area contributed by atoms with Crippen molar-refractivity contribution in [1.29, 1.82) is 5.26 Å². The fourth-order valence-electron chi connectivity index (χ4n) is 2.89. The molecule has 0 aliphatic carbocycles. The van der Waals surface area contributed by atoms with Crippen LogP contribution in [0.1, 0.15) is 23.6 Å². The first kappa shape index (κ1) is 21.5. The van der Waals surface area contributed by atoms with Crippen molar-refractivity contribution in [3.8, 4) is 17.6 Å². The first-order chi connectivity index (χ1) is 15.0. The van der Waals surface area contributed by atoms with Gasteiger partial charge in [-0.15, -0.1) is 0 Å². The van der Waals surface area contributed by atoms with Crippen molar-refractivity contribution in [2.45, 2.75) is 13.5 Å². The van der Waals surface area contributed by atoms with Crippen LogP contribution in [-0.4, -0.2) is 11.5 Å². The van der Waals surface area contributed by atoms with E-state index in [2.05, 4.69) is 0 Å². The highest BCUT2D eigenvalue weighted by Gasteiger charge is 2.11. The summed E-state index contributed by atoms with van der Waals surface area (Å²) < 4.78 is 25.5. The SMILES string of the molecule is CCOc1cc(/C=C(/C#N)c2ccccc2F)ccc1OCc1ccc([N+](=O)[O-])cc1. The second kappa shape index (κ2) is 10.0. The van der Waals surface area contributed by atoms with Gasteiger partial charge in [0.2, 0.25) is 0 Å². The van der Waals surface area contributed by atoms with Gasteiger partial charge in [-0.25, -0.2) is 4.39 Å². The number of nitro benzene ring substituents is 1. The lowest BCUT2D eigenvalue weighted by Gasteiger charge is -2.13. The van der Waals surface area contributed by atoms with Crippen molar-refractivity contribution in [3.05, 3.63) is 99.4 Å². The van der Waals surface area contributed by atoms with Crippen LogP contribution in [0.15, 0.2) is 66.7 Å². The van der Waals surface area contributed by atoms with Gasteiger partial charge in [0.05, 0.1) is 23.2 Å². The molecule has 156 valence electrons. The molecule has 0 heterocycles. The highest BCUT2D eigenvalue weighted by molar-refractivity contribution is 5.90.